The van der Waals surface area contributed by atoms with E-state index in [9.17, 15) is 34.2 Å². The van der Waals surface area contributed by atoms with Crippen LogP contribution in [-0.2, 0) is 28.7 Å². The van der Waals surface area contributed by atoms with Gasteiger partial charge in [-0.25, -0.2) is 14.4 Å². The Labute approximate surface area is 167 Å². The van der Waals surface area contributed by atoms with E-state index in [2.05, 4.69) is 4.74 Å². The first kappa shape index (κ1) is 23.8. The van der Waals surface area contributed by atoms with Crippen molar-refractivity contribution in [2.24, 2.45) is 11.8 Å². The highest BCUT2D eigenvalue weighted by molar-refractivity contribution is 6.14. The number of ether oxygens (including phenoxy) is 1. The molecule has 3 N–H and O–H groups in total. The fourth-order valence-corrected chi connectivity index (χ4v) is 2.89. The number of cyclic esters (lactones) is 2. The fourth-order valence-electron chi connectivity index (χ4n) is 2.89. The molecule has 0 saturated carbocycles. The summed E-state index contributed by atoms with van der Waals surface area (Å²) in [5.41, 5.74) is -0.249. The third kappa shape index (κ3) is 6.70. The van der Waals surface area contributed by atoms with Crippen molar-refractivity contribution in [3.63, 3.8) is 0 Å². The average Bonchev–Trinajstić information content (AvgIpc) is 2.90. The van der Waals surface area contributed by atoms with Crippen molar-refractivity contribution in [2.45, 2.75) is 46.0 Å². The van der Waals surface area contributed by atoms with Crippen molar-refractivity contribution in [1.82, 2.24) is 0 Å². The highest BCUT2D eigenvalue weighted by atomic mass is 16.6. The number of hydrogen-bond donors (Lipinski definition) is 3. The van der Waals surface area contributed by atoms with E-state index >= 15 is 0 Å². The molecule has 2 atom stereocenters. The molecular formula is C20H24O9. The molecule has 9 nitrogen and oxygen atoms in total. The molecule has 0 saturated heterocycles. The smallest absolute Gasteiger partial charge is 0.346 e. The van der Waals surface area contributed by atoms with E-state index < -0.39 is 53.7 Å². The van der Waals surface area contributed by atoms with Crippen molar-refractivity contribution in [3.05, 3.63) is 34.9 Å². The highest BCUT2D eigenvalue weighted by Gasteiger charge is 2.33. The van der Waals surface area contributed by atoms with E-state index in [1.165, 1.54) is 12.2 Å². The molecule has 0 fully saturated rings. The van der Waals surface area contributed by atoms with Gasteiger partial charge in [0.05, 0.1) is 17.1 Å². The van der Waals surface area contributed by atoms with Crippen molar-refractivity contribution >= 4 is 29.8 Å². The van der Waals surface area contributed by atoms with Gasteiger partial charge in [0.1, 0.15) is 0 Å². The summed E-state index contributed by atoms with van der Waals surface area (Å²) in [6.07, 6.45) is 4.48. The zero-order valence-electron chi connectivity index (χ0n) is 16.2. The van der Waals surface area contributed by atoms with Crippen LogP contribution in [0, 0.1) is 11.8 Å². The molecule has 0 aromatic rings. The minimum absolute atomic E-state index is 0.00743. The van der Waals surface area contributed by atoms with Crippen molar-refractivity contribution in [1.29, 1.82) is 0 Å². The summed E-state index contributed by atoms with van der Waals surface area (Å²) in [6, 6.07) is 0. The molecule has 0 aliphatic carbocycles. The van der Waals surface area contributed by atoms with Crippen molar-refractivity contribution < 1.29 is 44.0 Å². The van der Waals surface area contributed by atoms with Crippen molar-refractivity contribution in [3.8, 4) is 0 Å². The van der Waals surface area contributed by atoms with E-state index in [-0.39, 0.29) is 24.0 Å². The maximum Gasteiger partial charge on any atom is 0.346 e. The monoisotopic (exact) mass is 408 g/mol. The third-order valence-electron chi connectivity index (χ3n) is 4.47. The molecule has 0 spiro atoms. The summed E-state index contributed by atoms with van der Waals surface area (Å²) >= 11 is 0. The lowest BCUT2D eigenvalue weighted by Crippen LogP contribution is -2.23. The maximum absolute atomic E-state index is 12.0. The minimum atomic E-state index is -1.51. The lowest BCUT2D eigenvalue weighted by atomic mass is 9.87. The molecule has 29 heavy (non-hydrogen) atoms. The first-order valence-corrected chi connectivity index (χ1v) is 9.18. The van der Waals surface area contributed by atoms with Crippen LogP contribution >= 0.6 is 0 Å². The molecule has 158 valence electrons. The first-order valence-electron chi connectivity index (χ1n) is 9.18. The zero-order chi connectivity index (χ0) is 22.1. The predicted octanol–water partition coefficient (Wildman–Crippen LogP) is 2.33. The normalized spacial score (nSPS) is 16.8. The number of carbonyl (C=O) groups excluding carboxylic acids is 2. The lowest BCUT2D eigenvalue weighted by Gasteiger charge is -2.16. The van der Waals surface area contributed by atoms with Crippen LogP contribution in [0.5, 0.6) is 0 Å². The number of aliphatic carboxylic acids is 3. The Morgan fingerprint density at radius 1 is 1.07 bits per heavy atom. The molecule has 0 radical (unpaired) electrons. The predicted molar refractivity (Wildman–Crippen MR) is 99.7 cm³/mol. The van der Waals surface area contributed by atoms with Gasteiger partial charge >= 0.3 is 29.8 Å². The van der Waals surface area contributed by atoms with Gasteiger partial charge in [-0.3, -0.25) is 9.59 Å². The summed E-state index contributed by atoms with van der Waals surface area (Å²) in [4.78, 5) is 57.8. The van der Waals surface area contributed by atoms with Gasteiger partial charge in [-0.15, -0.1) is 0 Å². The Hall–Kier alpha value is -3.23. The topological polar surface area (TPSA) is 155 Å². The number of hydrogen-bond acceptors (Lipinski definition) is 6. The van der Waals surface area contributed by atoms with Gasteiger partial charge in [0.2, 0.25) is 0 Å². The van der Waals surface area contributed by atoms with Crippen LogP contribution in [0.1, 0.15) is 46.0 Å². The van der Waals surface area contributed by atoms with E-state index in [1.807, 2.05) is 6.92 Å². The highest BCUT2D eigenvalue weighted by Crippen LogP contribution is 2.29. The second-order valence-corrected chi connectivity index (χ2v) is 6.50. The Bertz CT molecular complexity index is 786. The second-order valence-electron chi connectivity index (χ2n) is 6.50. The van der Waals surface area contributed by atoms with E-state index in [4.69, 9.17) is 5.11 Å². The van der Waals surface area contributed by atoms with Gasteiger partial charge < -0.3 is 20.1 Å². The van der Waals surface area contributed by atoms with Crippen LogP contribution in [0.25, 0.3) is 0 Å². The van der Waals surface area contributed by atoms with Crippen LogP contribution in [0.4, 0.5) is 0 Å². The van der Waals surface area contributed by atoms with Crippen molar-refractivity contribution in [2.75, 3.05) is 0 Å². The van der Waals surface area contributed by atoms with Gasteiger partial charge in [-0.1, -0.05) is 32.1 Å². The van der Waals surface area contributed by atoms with Gasteiger partial charge in [-0.2, -0.15) is 0 Å². The summed E-state index contributed by atoms with van der Waals surface area (Å²) in [6.45, 7) is 3.57. The van der Waals surface area contributed by atoms with Gasteiger partial charge in [0.25, 0.3) is 0 Å². The largest absolute Gasteiger partial charge is 0.481 e. The maximum atomic E-state index is 12.0. The number of carbonyl (C=O) groups is 5. The molecule has 9 heteroatoms. The average molecular weight is 408 g/mol. The number of rotatable bonds is 12. The number of allylic oxidation sites excluding steroid dienone is 2. The van der Waals surface area contributed by atoms with Crippen LogP contribution in [0.2, 0.25) is 0 Å². The van der Waals surface area contributed by atoms with E-state index in [1.54, 1.807) is 13.0 Å². The molecule has 0 aromatic carbocycles. The van der Waals surface area contributed by atoms with Gasteiger partial charge in [0, 0.05) is 12.0 Å². The first-order chi connectivity index (χ1) is 13.6. The van der Waals surface area contributed by atoms with Gasteiger partial charge in [-0.05, 0) is 31.6 Å². The van der Waals surface area contributed by atoms with Crippen LogP contribution in [-0.4, -0.2) is 45.2 Å². The molecule has 0 bridgehead atoms. The minimum Gasteiger partial charge on any atom is -0.481 e. The summed E-state index contributed by atoms with van der Waals surface area (Å²) in [5, 5.41) is 27.6. The quantitative estimate of drug-likeness (QED) is 0.250. The van der Waals surface area contributed by atoms with Crippen LogP contribution in [0.15, 0.2) is 34.9 Å². The number of carboxylic acids is 3. The molecule has 0 amide bonds. The zero-order valence-corrected chi connectivity index (χ0v) is 16.2. The molecule has 1 heterocycles. The summed E-state index contributed by atoms with van der Waals surface area (Å²) in [5.74, 6) is -7.83. The SMILES string of the molecule is CC/C=C/C1=C(CC(/C=C(\C(=O)O)[C@@H](CCC(=O)O)C(=O)O)CC)C(=O)OC1=O. The second kappa shape index (κ2) is 10.9. The summed E-state index contributed by atoms with van der Waals surface area (Å²) < 4.78 is 4.63. The molecular weight excluding hydrogens is 384 g/mol. The van der Waals surface area contributed by atoms with Gasteiger partial charge in [0.15, 0.2) is 0 Å². The summed E-state index contributed by atoms with van der Waals surface area (Å²) in [7, 11) is 0. The Balaban J connectivity index is 3.26. The molecule has 1 aliphatic rings. The molecule has 1 rings (SSSR count). The lowest BCUT2D eigenvalue weighted by molar-refractivity contribution is -0.151. The molecule has 1 unspecified atom stereocenters. The third-order valence-corrected chi connectivity index (χ3v) is 4.47. The Kier molecular flexibility index (Phi) is 8.98. The Morgan fingerprint density at radius 2 is 1.72 bits per heavy atom. The fraction of sp³-hybridized carbons (Fsp3) is 0.450. The van der Waals surface area contributed by atoms with Crippen LogP contribution < -0.4 is 0 Å². The standard InChI is InChI=1S/C20H24O9/c1-3-5-6-13-15(20(28)29-19(13)27)10-11(4-2)9-14(18(25)26)12(17(23)24)7-8-16(21)22/h5-6,9,11-12H,3-4,7-8,10H2,1-2H3,(H,21,22)(H,23,24)(H,25,26)/b6-5+,14-9-/t11?,12-/m1/s1. The van der Waals surface area contributed by atoms with E-state index in [0.717, 1.165) is 0 Å². The van der Waals surface area contributed by atoms with Crippen LogP contribution in [0.3, 0.4) is 0 Å². The molecule has 0 aromatic heterocycles. The van der Waals surface area contributed by atoms with E-state index in [0.29, 0.717) is 12.8 Å². The molecule has 1 aliphatic heterocycles. The number of carboxylic acid groups (broad SMARTS) is 3. The number of esters is 2. The Morgan fingerprint density at radius 3 is 2.21 bits per heavy atom.